The first-order valence-electron chi connectivity index (χ1n) is 11.9. The van der Waals surface area contributed by atoms with Gasteiger partial charge in [-0.05, 0) is 70.2 Å². The summed E-state index contributed by atoms with van der Waals surface area (Å²) in [5.41, 5.74) is 1.59. The highest BCUT2D eigenvalue weighted by atomic mass is 16.5. The van der Waals surface area contributed by atoms with Crippen LogP contribution in [0.15, 0.2) is 18.2 Å². The van der Waals surface area contributed by atoms with Crippen LogP contribution < -0.4 is 4.74 Å². The highest BCUT2D eigenvalue weighted by Crippen LogP contribution is 2.37. The first kappa shape index (κ1) is 22.6. The molecule has 172 valence electrons. The van der Waals surface area contributed by atoms with E-state index in [1.807, 2.05) is 43.9 Å². The van der Waals surface area contributed by atoms with Gasteiger partial charge in [0.2, 0.25) is 0 Å². The number of methoxy groups -OCH3 is 1. The van der Waals surface area contributed by atoms with Crippen LogP contribution in [0.2, 0.25) is 0 Å². The topological polar surface area (TPSA) is 51.2 Å². The van der Waals surface area contributed by atoms with E-state index in [1.54, 1.807) is 7.11 Å². The molecule has 0 aromatic heterocycles. The number of amides is 1. The fraction of sp³-hybridized carbons (Fsp3) is 0.720. The number of nitrogens with zero attached hydrogens (tertiary/aromatic N) is 2. The van der Waals surface area contributed by atoms with Gasteiger partial charge in [0.15, 0.2) is 0 Å². The van der Waals surface area contributed by atoms with Crippen molar-refractivity contribution >= 4 is 5.91 Å². The maximum absolute atomic E-state index is 13.2. The van der Waals surface area contributed by atoms with Crippen molar-refractivity contribution in [3.63, 3.8) is 0 Å². The summed E-state index contributed by atoms with van der Waals surface area (Å²) in [6, 6.07) is 6.47. The van der Waals surface area contributed by atoms with Crippen molar-refractivity contribution in [3.8, 4) is 5.75 Å². The van der Waals surface area contributed by atoms with Crippen LogP contribution in [0.25, 0.3) is 0 Å². The first-order valence-corrected chi connectivity index (χ1v) is 11.9. The Bertz CT molecular complexity index is 769. The average Bonchev–Trinajstić information content (AvgIpc) is 2.68. The Labute approximate surface area is 186 Å². The lowest BCUT2D eigenvalue weighted by Crippen LogP contribution is -2.63. The number of hydrogen-bond donors (Lipinski definition) is 0. The molecule has 1 amide bonds. The minimum Gasteiger partial charge on any atom is -0.491 e. The van der Waals surface area contributed by atoms with E-state index < -0.39 is 0 Å². The number of benzene rings is 1. The summed E-state index contributed by atoms with van der Waals surface area (Å²) in [6.45, 7) is 10.1. The SMILES string of the molecule is COCC1CN(C2CCC2)CC2(CCN(C(=O)c3ccc(OC(C)C)c(C)c3)CC2)O1. The standard InChI is InChI=1S/C25H38N2O4/c1-18(2)30-23-9-8-20(14-19(23)3)24(28)26-12-10-25(11-13-26)17-27(21-6-5-7-21)15-22(31-25)16-29-4/h8-9,14,18,21-22H,5-7,10-13,15-17H2,1-4H3. The minimum atomic E-state index is -0.154. The molecule has 0 bridgehead atoms. The van der Waals surface area contributed by atoms with Gasteiger partial charge in [-0.2, -0.15) is 0 Å². The number of aryl methyl sites for hydroxylation is 1. The normalized spacial score (nSPS) is 24.4. The second-order valence-corrected chi connectivity index (χ2v) is 9.83. The zero-order chi connectivity index (χ0) is 22.0. The predicted molar refractivity (Wildman–Crippen MR) is 121 cm³/mol. The van der Waals surface area contributed by atoms with Gasteiger partial charge in [0.25, 0.3) is 5.91 Å². The molecule has 2 aliphatic heterocycles. The lowest BCUT2D eigenvalue weighted by atomic mass is 9.84. The molecule has 6 heteroatoms. The molecular weight excluding hydrogens is 392 g/mol. The number of hydrogen-bond acceptors (Lipinski definition) is 5. The molecule has 1 aliphatic carbocycles. The summed E-state index contributed by atoms with van der Waals surface area (Å²) in [5, 5.41) is 0. The van der Waals surface area contributed by atoms with Crippen molar-refractivity contribution in [2.24, 2.45) is 0 Å². The minimum absolute atomic E-state index is 0.106. The Balaban J connectivity index is 1.40. The number of carbonyl (C=O) groups is 1. The van der Waals surface area contributed by atoms with Crippen molar-refractivity contribution in [3.05, 3.63) is 29.3 Å². The van der Waals surface area contributed by atoms with Crippen LogP contribution in [0.3, 0.4) is 0 Å². The Hall–Kier alpha value is -1.63. The predicted octanol–water partition coefficient (Wildman–Crippen LogP) is 3.66. The van der Waals surface area contributed by atoms with Gasteiger partial charge in [-0.15, -0.1) is 0 Å². The Kier molecular flexibility index (Phi) is 6.89. The molecule has 4 rings (SSSR count). The largest absolute Gasteiger partial charge is 0.491 e. The van der Waals surface area contributed by atoms with Gasteiger partial charge < -0.3 is 19.1 Å². The van der Waals surface area contributed by atoms with E-state index in [4.69, 9.17) is 14.2 Å². The maximum atomic E-state index is 13.2. The second kappa shape index (κ2) is 9.47. The number of rotatable bonds is 6. The smallest absolute Gasteiger partial charge is 0.253 e. The number of ether oxygens (including phenoxy) is 3. The first-order chi connectivity index (χ1) is 14.9. The van der Waals surface area contributed by atoms with E-state index in [1.165, 1.54) is 19.3 Å². The molecule has 1 unspecified atom stereocenters. The van der Waals surface area contributed by atoms with Gasteiger partial charge in [-0.3, -0.25) is 9.69 Å². The van der Waals surface area contributed by atoms with Crippen molar-refractivity contribution in [1.82, 2.24) is 9.80 Å². The quantitative estimate of drug-likeness (QED) is 0.689. The molecule has 3 fully saturated rings. The number of likely N-dealkylation sites (tertiary alicyclic amines) is 1. The van der Waals surface area contributed by atoms with E-state index in [0.717, 1.165) is 55.9 Å². The average molecular weight is 431 g/mol. The Morgan fingerprint density at radius 2 is 2.00 bits per heavy atom. The van der Waals surface area contributed by atoms with E-state index in [-0.39, 0.29) is 23.7 Å². The molecule has 2 heterocycles. The molecule has 3 aliphatic rings. The molecule has 2 saturated heterocycles. The van der Waals surface area contributed by atoms with Crippen molar-refractivity contribution in [2.75, 3.05) is 39.9 Å². The highest BCUT2D eigenvalue weighted by Gasteiger charge is 2.45. The number of piperidine rings is 1. The molecule has 1 aromatic rings. The second-order valence-electron chi connectivity index (χ2n) is 9.83. The van der Waals surface area contributed by atoms with Crippen molar-refractivity contribution in [2.45, 2.75) is 76.7 Å². The molecule has 31 heavy (non-hydrogen) atoms. The molecule has 1 atom stereocenters. The zero-order valence-corrected chi connectivity index (χ0v) is 19.6. The summed E-state index contributed by atoms with van der Waals surface area (Å²) in [4.78, 5) is 17.8. The molecule has 1 spiro atoms. The Morgan fingerprint density at radius 1 is 1.26 bits per heavy atom. The maximum Gasteiger partial charge on any atom is 0.253 e. The van der Waals surface area contributed by atoms with Crippen LogP contribution in [0.1, 0.15) is 61.9 Å². The monoisotopic (exact) mass is 430 g/mol. The third-order valence-electron chi connectivity index (χ3n) is 7.04. The van der Waals surface area contributed by atoms with Crippen LogP contribution in [0.5, 0.6) is 5.75 Å². The lowest BCUT2D eigenvalue weighted by Gasteiger charge is -2.53. The molecule has 0 radical (unpaired) electrons. The number of morpholine rings is 1. The third-order valence-corrected chi connectivity index (χ3v) is 7.04. The number of carbonyl (C=O) groups excluding carboxylic acids is 1. The lowest BCUT2D eigenvalue weighted by molar-refractivity contribution is -0.195. The molecule has 1 saturated carbocycles. The van der Waals surface area contributed by atoms with Crippen LogP contribution in [-0.2, 0) is 9.47 Å². The summed E-state index contributed by atoms with van der Waals surface area (Å²) in [6.07, 6.45) is 5.96. The fourth-order valence-electron chi connectivity index (χ4n) is 5.17. The van der Waals surface area contributed by atoms with E-state index in [2.05, 4.69) is 4.90 Å². The van der Waals surface area contributed by atoms with Gasteiger partial charge in [0.05, 0.1) is 24.4 Å². The summed E-state index contributed by atoms with van der Waals surface area (Å²) in [7, 11) is 1.75. The van der Waals surface area contributed by atoms with E-state index >= 15 is 0 Å². The zero-order valence-electron chi connectivity index (χ0n) is 19.6. The third kappa shape index (κ3) is 5.07. The van der Waals surface area contributed by atoms with Crippen LogP contribution in [0.4, 0.5) is 0 Å². The summed E-state index contributed by atoms with van der Waals surface area (Å²) in [5.74, 6) is 0.953. The van der Waals surface area contributed by atoms with Gasteiger partial charge in [0.1, 0.15) is 5.75 Å². The van der Waals surface area contributed by atoms with Gasteiger partial charge in [-0.1, -0.05) is 6.42 Å². The van der Waals surface area contributed by atoms with Crippen molar-refractivity contribution < 1.29 is 19.0 Å². The van der Waals surface area contributed by atoms with Crippen LogP contribution in [0, 0.1) is 6.92 Å². The molecular formula is C25H38N2O4. The van der Waals surface area contributed by atoms with E-state index in [9.17, 15) is 4.79 Å². The van der Waals surface area contributed by atoms with Gasteiger partial charge in [-0.25, -0.2) is 0 Å². The van der Waals surface area contributed by atoms with E-state index in [0.29, 0.717) is 12.6 Å². The Morgan fingerprint density at radius 3 is 2.58 bits per heavy atom. The molecule has 1 aromatic carbocycles. The highest BCUT2D eigenvalue weighted by molar-refractivity contribution is 5.94. The van der Waals surface area contributed by atoms with Gasteiger partial charge >= 0.3 is 0 Å². The fourth-order valence-corrected chi connectivity index (χ4v) is 5.17. The summed E-state index contributed by atoms with van der Waals surface area (Å²) < 4.78 is 17.8. The van der Waals surface area contributed by atoms with Crippen LogP contribution in [-0.4, -0.2) is 79.5 Å². The van der Waals surface area contributed by atoms with Crippen LogP contribution >= 0.6 is 0 Å². The molecule has 0 N–H and O–H groups in total. The van der Waals surface area contributed by atoms with Gasteiger partial charge in [0, 0.05) is 44.9 Å². The molecule has 6 nitrogen and oxygen atoms in total. The van der Waals surface area contributed by atoms with Crippen molar-refractivity contribution in [1.29, 1.82) is 0 Å². The summed E-state index contributed by atoms with van der Waals surface area (Å²) >= 11 is 0.